The van der Waals surface area contributed by atoms with Crippen LogP contribution >= 0.6 is 11.6 Å². The lowest BCUT2D eigenvalue weighted by atomic mass is 10.0. The number of benzene rings is 1. The minimum Gasteiger partial charge on any atom is -0.378 e. The lowest BCUT2D eigenvalue weighted by molar-refractivity contribution is -0.384. The summed E-state index contributed by atoms with van der Waals surface area (Å²) in [6.45, 7) is 2.66. The van der Waals surface area contributed by atoms with Crippen molar-refractivity contribution < 1.29 is 9.66 Å². The molecule has 1 N–H and O–H groups in total. The van der Waals surface area contributed by atoms with Crippen LogP contribution < -0.4 is 5.32 Å². The minimum absolute atomic E-state index is 0.0154. The molecule has 0 amide bonds. The number of halogens is 1. The summed E-state index contributed by atoms with van der Waals surface area (Å²) in [6.07, 6.45) is 1.81. The molecule has 1 fully saturated rings. The van der Waals surface area contributed by atoms with Gasteiger partial charge >= 0.3 is 0 Å². The van der Waals surface area contributed by atoms with E-state index in [1.807, 2.05) is 6.92 Å². The van der Waals surface area contributed by atoms with Gasteiger partial charge in [-0.15, -0.1) is 0 Å². The zero-order chi connectivity index (χ0) is 13.1. The zero-order valence-electron chi connectivity index (χ0n) is 10.1. The van der Waals surface area contributed by atoms with E-state index in [4.69, 9.17) is 16.3 Å². The first-order valence-corrected chi connectivity index (χ1v) is 6.26. The molecule has 2 rings (SSSR count). The van der Waals surface area contributed by atoms with Gasteiger partial charge in [-0.2, -0.15) is 0 Å². The van der Waals surface area contributed by atoms with E-state index >= 15 is 0 Å². The highest BCUT2D eigenvalue weighted by atomic mass is 35.5. The molecule has 1 aromatic carbocycles. The fourth-order valence-electron chi connectivity index (χ4n) is 2.14. The van der Waals surface area contributed by atoms with Crippen molar-refractivity contribution in [2.45, 2.75) is 31.9 Å². The molecule has 98 valence electrons. The van der Waals surface area contributed by atoms with Crippen LogP contribution in [-0.4, -0.2) is 23.7 Å². The molecule has 2 unspecified atom stereocenters. The summed E-state index contributed by atoms with van der Waals surface area (Å²) in [5.41, 5.74) is 0.421. The molecule has 1 aliphatic rings. The molecule has 0 spiro atoms. The number of nitrogens with zero attached hydrogens (tertiary/aromatic N) is 1. The van der Waals surface area contributed by atoms with Crippen molar-refractivity contribution in [3.63, 3.8) is 0 Å². The second-order valence-electron chi connectivity index (χ2n) is 4.44. The maximum absolute atomic E-state index is 11.0. The van der Waals surface area contributed by atoms with Crippen molar-refractivity contribution in [2.75, 3.05) is 11.9 Å². The molecule has 5 nitrogen and oxygen atoms in total. The summed E-state index contributed by atoms with van der Waals surface area (Å²) >= 11 is 6.03. The summed E-state index contributed by atoms with van der Waals surface area (Å²) < 4.78 is 5.45. The van der Waals surface area contributed by atoms with E-state index in [2.05, 4.69) is 5.32 Å². The summed E-state index contributed by atoms with van der Waals surface area (Å²) in [6, 6.07) is 4.85. The van der Waals surface area contributed by atoms with Gasteiger partial charge in [0.05, 0.1) is 16.0 Å². The fraction of sp³-hybridized carbons (Fsp3) is 0.500. The molecule has 0 bridgehead atoms. The molecule has 1 aromatic rings. The molecule has 1 aliphatic heterocycles. The average Bonchev–Trinajstić information content (AvgIpc) is 2.31. The van der Waals surface area contributed by atoms with Gasteiger partial charge in [0.2, 0.25) is 0 Å². The van der Waals surface area contributed by atoms with E-state index in [1.54, 1.807) is 12.1 Å². The van der Waals surface area contributed by atoms with Crippen LogP contribution in [0.4, 0.5) is 11.4 Å². The van der Waals surface area contributed by atoms with E-state index in [1.165, 1.54) is 6.07 Å². The van der Waals surface area contributed by atoms with Gasteiger partial charge < -0.3 is 10.1 Å². The number of nitro groups is 1. The number of nitrogens with one attached hydrogen (secondary N) is 1. The van der Waals surface area contributed by atoms with Gasteiger partial charge in [-0.1, -0.05) is 17.7 Å². The van der Waals surface area contributed by atoms with Crippen LogP contribution in [0.1, 0.15) is 19.8 Å². The smallest absolute Gasteiger partial charge is 0.293 e. The predicted molar refractivity (Wildman–Crippen MR) is 70.2 cm³/mol. The highest BCUT2D eigenvalue weighted by Gasteiger charge is 2.23. The SMILES string of the molecule is CC1CC(Nc2c(Cl)cccc2[N+](=O)[O-])CCO1. The van der Waals surface area contributed by atoms with E-state index in [0.29, 0.717) is 17.3 Å². The third-order valence-corrected chi connectivity index (χ3v) is 3.34. The van der Waals surface area contributed by atoms with Gasteiger partial charge in [0.15, 0.2) is 0 Å². The number of hydrogen-bond donors (Lipinski definition) is 1. The Labute approximate surface area is 110 Å². The van der Waals surface area contributed by atoms with E-state index in [9.17, 15) is 10.1 Å². The fourth-order valence-corrected chi connectivity index (χ4v) is 2.37. The summed E-state index contributed by atoms with van der Waals surface area (Å²) in [5.74, 6) is 0. The maximum atomic E-state index is 11.0. The molecule has 6 heteroatoms. The Kier molecular flexibility index (Phi) is 4.04. The van der Waals surface area contributed by atoms with E-state index in [-0.39, 0.29) is 17.8 Å². The van der Waals surface area contributed by atoms with Crippen LogP contribution in [0.2, 0.25) is 5.02 Å². The molecule has 1 heterocycles. The third-order valence-electron chi connectivity index (χ3n) is 3.02. The first kappa shape index (κ1) is 13.1. The maximum Gasteiger partial charge on any atom is 0.293 e. The number of para-hydroxylation sites is 1. The predicted octanol–water partition coefficient (Wildman–Crippen LogP) is 3.23. The summed E-state index contributed by atoms with van der Waals surface area (Å²) in [7, 11) is 0. The van der Waals surface area contributed by atoms with Crippen molar-refractivity contribution in [2.24, 2.45) is 0 Å². The highest BCUT2D eigenvalue weighted by molar-refractivity contribution is 6.33. The monoisotopic (exact) mass is 270 g/mol. The Bertz CT molecular complexity index is 453. The lowest BCUT2D eigenvalue weighted by Gasteiger charge is -2.28. The largest absolute Gasteiger partial charge is 0.378 e. The number of nitro benzene ring substituents is 1. The average molecular weight is 271 g/mol. The minimum atomic E-state index is -0.420. The molecule has 1 saturated heterocycles. The molecule has 2 atom stereocenters. The first-order chi connectivity index (χ1) is 8.58. The quantitative estimate of drug-likeness (QED) is 0.676. The van der Waals surface area contributed by atoms with E-state index in [0.717, 1.165) is 12.8 Å². The Morgan fingerprint density at radius 3 is 3.00 bits per heavy atom. The normalized spacial score (nSPS) is 23.7. The first-order valence-electron chi connectivity index (χ1n) is 5.89. The number of anilines is 1. The number of hydrogen-bond acceptors (Lipinski definition) is 4. The standard InChI is InChI=1S/C12H15ClN2O3/c1-8-7-9(5-6-18-8)14-12-10(13)3-2-4-11(12)15(16)17/h2-4,8-9,14H,5-7H2,1H3. The molecule has 18 heavy (non-hydrogen) atoms. The van der Waals surface area contributed by atoms with Crippen LogP contribution in [0.15, 0.2) is 18.2 Å². The molecular weight excluding hydrogens is 256 g/mol. The molecule has 0 radical (unpaired) electrons. The Morgan fingerprint density at radius 2 is 2.33 bits per heavy atom. The van der Waals surface area contributed by atoms with Crippen molar-refractivity contribution >= 4 is 23.0 Å². The van der Waals surface area contributed by atoms with Crippen LogP contribution in [0.25, 0.3) is 0 Å². The Morgan fingerprint density at radius 1 is 1.56 bits per heavy atom. The summed E-state index contributed by atoms with van der Waals surface area (Å²) in [4.78, 5) is 10.5. The molecule has 0 aliphatic carbocycles. The number of ether oxygens (including phenoxy) is 1. The van der Waals surface area contributed by atoms with Crippen LogP contribution in [0, 0.1) is 10.1 Å². The van der Waals surface area contributed by atoms with Gasteiger partial charge in [0, 0.05) is 18.7 Å². The van der Waals surface area contributed by atoms with Gasteiger partial charge in [0.25, 0.3) is 5.69 Å². The second kappa shape index (κ2) is 5.54. The van der Waals surface area contributed by atoms with Gasteiger partial charge in [-0.3, -0.25) is 10.1 Å². The van der Waals surface area contributed by atoms with Crippen molar-refractivity contribution in [3.8, 4) is 0 Å². The Balaban J connectivity index is 2.20. The van der Waals surface area contributed by atoms with E-state index < -0.39 is 4.92 Å². The van der Waals surface area contributed by atoms with Crippen molar-refractivity contribution in [1.29, 1.82) is 0 Å². The molecule has 0 aromatic heterocycles. The topological polar surface area (TPSA) is 64.4 Å². The van der Waals surface area contributed by atoms with Crippen molar-refractivity contribution in [1.82, 2.24) is 0 Å². The lowest BCUT2D eigenvalue weighted by Crippen LogP contribution is -2.32. The molecular formula is C12H15ClN2O3. The van der Waals surface area contributed by atoms with Gasteiger partial charge in [-0.05, 0) is 25.8 Å². The summed E-state index contributed by atoms with van der Waals surface area (Å²) in [5, 5.41) is 14.5. The van der Waals surface area contributed by atoms with Crippen LogP contribution in [0.5, 0.6) is 0 Å². The van der Waals surface area contributed by atoms with Gasteiger partial charge in [-0.25, -0.2) is 0 Å². The third kappa shape index (κ3) is 2.91. The Hall–Kier alpha value is -1.33. The zero-order valence-corrected chi connectivity index (χ0v) is 10.8. The second-order valence-corrected chi connectivity index (χ2v) is 4.85. The highest BCUT2D eigenvalue weighted by Crippen LogP contribution is 2.33. The van der Waals surface area contributed by atoms with Crippen LogP contribution in [-0.2, 0) is 4.74 Å². The van der Waals surface area contributed by atoms with Crippen molar-refractivity contribution in [3.05, 3.63) is 33.3 Å². The molecule has 0 saturated carbocycles. The number of rotatable bonds is 3. The van der Waals surface area contributed by atoms with Crippen LogP contribution in [0.3, 0.4) is 0 Å². The van der Waals surface area contributed by atoms with Gasteiger partial charge in [0.1, 0.15) is 5.69 Å².